The number of anilines is 6. The first-order valence-electron chi connectivity index (χ1n) is 20.0. The van der Waals surface area contributed by atoms with Gasteiger partial charge in [0.05, 0.1) is 28.1 Å². The van der Waals surface area contributed by atoms with Crippen LogP contribution in [0.15, 0.2) is 188 Å². The van der Waals surface area contributed by atoms with Crippen LogP contribution < -0.4 is 9.80 Å². The first kappa shape index (κ1) is 33.5. The van der Waals surface area contributed by atoms with Crippen LogP contribution in [-0.4, -0.2) is 4.57 Å². The molecule has 0 radical (unpaired) electrons. The topological polar surface area (TPSA) is 11.4 Å². The van der Waals surface area contributed by atoms with E-state index in [4.69, 9.17) is 0 Å². The fourth-order valence-corrected chi connectivity index (χ4v) is 9.86. The normalized spacial score (nSPS) is 14.6. The van der Waals surface area contributed by atoms with Gasteiger partial charge in [-0.2, -0.15) is 0 Å². The predicted octanol–water partition coefficient (Wildman–Crippen LogP) is 14.7. The van der Waals surface area contributed by atoms with Crippen LogP contribution in [0.25, 0.3) is 38.6 Å². The molecule has 2 aliphatic rings. The Bertz CT molecular complexity index is 2970. The van der Waals surface area contributed by atoms with Crippen LogP contribution in [0, 0.1) is 0 Å². The van der Waals surface area contributed by atoms with E-state index >= 15 is 0 Å². The molecule has 0 saturated heterocycles. The fourth-order valence-electron chi connectivity index (χ4n) is 9.86. The number of fused-ring (bicyclic) bond motifs is 7. The Morgan fingerprint density at radius 2 is 0.930 bits per heavy atom. The Balaban J connectivity index is 1.04. The summed E-state index contributed by atoms with van der Waals surface area (Å²) in [6.45, 7) is 9.48. The lowest BCUT2D eigenvalue weighted by Crippen LogP contribution is -2.30. The van der Waals surface area contributed by atoms with Crippen molar-refractivity contribution in [3.63, 3.8) is 0 Å². The first-order valence-corrected chi connectivity index (χ1v) is 20.0. The summed E-state index contributed by atoms with van der Waals surface area (Å²) in [4.78, 5) is 4.80. The zero-order valence-corrected chi connectivity index (χ0v) is 32.7. The Morgan fingerprint density at radius 3 is 1.63 bits per heavy atom. The van der Waals surface area contributed by atoms with E-state index in [0.29, 0.717) is 0 Å². The molecule has 8 aromatic carbocycles. The molecule has 57 heavy (non-hydrogen) atoms. The highest BCUT2D eigenvalue weighted by atomic mass is 15.2. The lowest BCUT2D eigenvalue weighted by Gasteiger charge is -2.42. The molecule has 0 N–H and O–H groups in total. The number of hydrogen-bond donors (Lipinski definition) is 0. The van der Waals surface area contributed by atoms with Crippen molar-refractivity contribution < 1.29 is 0 Å². The van der Waals surface area contributed by atoms with E-state index in [-0.39, 0.29) is 10.8 Å². The molecule has 3 heterocycles. The molecule has 274 valence electrons. The molecule has 0 unspecified atom stereocenters. The van der Waals surface area contributed by atoms with Gasteiger partial charge in [0, 0.05) is 44.4 Å². The van der Waals surface area contributed by atoms with Crippen molar-refractivity contribution in [3.8, 4) is 16.8 Å². The predicted molar refractivity (Wildman–Crippen MR) is 240 cm³/mol. The van der Waals surface area contributed by atoms with E-state index < -0.39 is 0 Å². The monoisotopic (exact) mass is 733 g/mol. The van der Waals surface area contributed by atoms with Crippen LogP contribution in [0.2, 0.25) is 0 Å². The average Bonchev–Trinajstić information content (AvgIpc) is 3.58. The van der Waals surface area contributed by atoms with Crippen molar-refractivity contribution in [1.82, 2.24) is 4.57 Å². The molecule has 0 spiro atoms. The molecular weight excluding hydrogens is 691 g/mol. The van der Waals surface area contributed by atoms with Gasteiger partial charge in [0.1, 0.15) is 0 Å². The third-order valence-electron chi connectivity index (χ3n) is 12.7. The highest BCUT2D eigenvalue weighted by molar-refractivity contribution is 6.13. The van der Waals surface area contributed by atoms with E-state index in [1.807, 2.05) is 0 Å². The van der Waals surface area contributed by atoms with Crippen LogP contribution in [0.5, 0.6) is 0 Å². The number of rotatable bonds is 5. The van der Waals surface area contributed by atoms with Gasteiger partial charge in [-0.25, -0.2) is 0 Å². The summed E-state index contributed by atoms with van der Waals surface area (Å²) in [6.07, 6.45) is 0. The lowest BCUT2D eigenvalue weighted by molar-refractivity contribution is 0.630. The van der Waals surface area contributed by atoms with Crippen molar-refractivity contribution >= 4 is 55.9 Å². The molecule has 0 saturated carbocycles. The Labute approximate surface area is 334 Å². The van der Waals surface area contributed by atoms with Gasteiger partial charge in [-0.1, -0.05) is 137 Å². The van der Waals surface area contributed by atoms with Gasteiger partial charge in [-0.3, -0.25) is 0 Å². The molecule has 11 rings (SSSR count). The highest BCUT2D eigenvalue weighted by Gasteiger charge is 2.38. The summed E-state index contributed by atoms with van der Waals surface area (Å²) in [5.41, 5.74) is 18.3. The zero-order valence-electron chi connectivity index (χ0n) is 32.7. The van der Waals surface area contributed by atoms with Gasteiger partial charge >= 0.3 is 0 Å². The number of para-hydroxylation sites is 5. The number of hydrogen-bond acceptors (Lipinski definition) is 2. The van der Waals surface area contributed by atoms with Gasteiger partial charge in [0.2, 0.25) is 0 Å². The first-order chi connectivity index (χ1) is 27.8. The van der Waals surface area contributed by atoms with Gasteiger partial charge in [0.25, 0.3) is 0 Å². The standard InChI is InChI=1S/C54H43N3/c1-53(2)45-22-12-14-25-50(45)57-48-33-31-41(35-43(48)42-20-15-23-46(53)52(42)57)56-49-24-13-11-21-44(49)54(3,4)47-34-37(28-32-51(47)56)36-26-29-40(30-27-36)55(38-16-7-5-8-17-38)39-18-9-6-10-19-39/h5-35H,1-4H3. The quantitative estimate of drug-likeness (QED) is 0.174. The van der Waals surface area contributed by atoms with E-state index in [1.165, 1.54) is 77.9 Å². The van der Waals surface area contributed by atoms with Gasteiger partial charge < -0.3 is 14.4 Å². The summed E-state index contributed by atoms with van der Waals surface area (Å²) >= 11 is 0. The number of aromatic nitrogens is 1. The summed E-state index contributed by atoms with van der Waals surface area (Å²) in [5, 5.41) is 2.58. The van der Waals surface area contributed by atoms with Crippen molar-refractivity contribution in [2.24, 2.45) is 0 Å². The van der Waals surface area contributed by atoms with Gasteiger partial charge in [0.15, 0.2) is 0 Å². The molecule has 3 heteroatoms. The maximum absolute atomic E-state index is 2.50. The Hall–Kier alpha value is -6.84. The van der Waals surface area contributed by atoms with E-state index in [0.717, 1.165) is 17.1 Å². The second-order valence-corrected chi connectivity index (χ2v) is 16.6. The molecule has 0 amide bonds. The molecule has 2 aliphatic heterocycles. The van der Waals surface area contributed by atoms with Crippen molar-refractivity contribution in [3.05, 3.63) is 210 Å². The molecule has 3 nitrogen and oxygen atoms in total. The van der Waals surface area contributed by atoms with Crippen LogP contribution in [0.1, 0.15) is 49.9 Å². The van der Waals surface area contributed by atoms with Crippen LogP contribution >= 0.6 is 0 Å². The molecule has 0 atom stereocenters. The van der Waals surface area contributed by atoms with E-state index in [2.05, 4.69) is 230 Å². The van der Waals surface area contributed by atoms with E-state index in [9.17, 15) is 0 Å². The second-order valence-electron chi connectivity index (χ2n) is 16.6. The number of benzene rings is 8. The van der Waals surface area contributed by atoms with Crippen LogP contribution in [0.4, 0.5) is 34.1 Å². The molecule has 0 bridgehead atoms. The Kier molecular flexibility index (Phi) is 7.25. The smallest absolute Gasteiger partial charge is 0.0582 e. The highest BCUT2D eigenvalue weighted by Crippen LogP contribution is 2.54. The third kappa shape index (κ3) is 4.91. The molecule has 0 fully saturated rings. The SMILES string of the molecule is CC1(C)c2ccccc2N(c2ccc3c(c2)c2cccc4c2n3-c2ccccc2C4(C)C)c2ccc(-c3ccc(N(c4ccccc4)c4ccccc4)cc3)cc21. The molecule has 0 aliphatic carbocycles. The summed E-state index contributed by atoms with van der Waals surface area (Å²) in [6, 6.07) is 69.1. The third-order valence-corrected chi connectivity index (χ3v) is 12.7. The van der Waals surface area contributed by atoms with Crippen molar-refractivity contribution in [2.45, 2.75) is 38.5 Å². The maximum atomic E-state index is 2.50. The van der Waals surface area contributed by atoms with E-state index in [1.54, 1.807) is 0 Å². The Morgan fingerprint density at radius 1 is 0.386 bits per heavy atom. The fraction of sp³-hybridized carbons (Fsp3) is 0.111. The summed E-state index contributed by atoms with van der Waals surface area (Å²) in [7, 11) is 0. The molecular formula is C54H43N3. The van der Waals surface area contributed by atoms with Crippen LogP contribution in [-0.2, 0) is 10.8 Å². The minimum Gasteiger partial charge on any atom is -0.311 e. The number of nitrogens with zero attached hydrogens (tertiary/aromatic N) is 3. The van der Waals surface area contributed by atoms with Gasteiger partial charge in [-0.15, -0.1) is 0 Å². The minimum absolute atomic E-state index is 0.0964. The van der Waals surface area contributed by atoms with Gasteiger partial charge in [-0.05, 0) is 112 Å². The molecule has 9 aromatic rings. The van der Waals surface area contributed by atoms with Crippen molar-refractivity contribution in [1.29, 1.82) is 0 Å². The lowest BCUT2D eigenvalue weighted by atomic mass is 9.73. The van der Waals surface area contributed by atoms with Crippen molar-refractivity contribution in [2.75, 3.05) is 9.80 Å². The van der Waals surface area contributed by atoms with Crippen LogP contribution in [0.3, 0.4) is 0 Å². The maximum Gasteiger partial charge on any atom is 0.0582 e. The summed E-state index contributed by atoms with van der Waals surface area (Å²) < 4.78 is 2.50. The average molecular weight is 734 g/mol. The summed E-state index contributed by atoms with van der Waals surface area (Å²) in [5.74, 6) is 0. The minimum atomic E-state index is -0.209. The molecule has 1 aromatic heterocycles. The zero-order chi connectivity index (χ0) is 38.5. The largest absolute Gasteiger partial charge is 0.311 e. The second kappa shape index (κ2) is 12.3.